The van der Waals surface area contributed by atoms with Gasteiger partial charge in [-0.25, -0.2) is 22.2 Å². The molecule has 1 saturated heterocycles. The number of anilines is 1. The zero-order chi connectivity index (χ0) is 35.6. The lowest BCUT2D eigenvalue weighted by molar-refractivity contribution is 0.0619. The molecule has 0 saturated carbocycles. The molecule has 3 heterocycles. The minimum absolute atomic E-state index is 0.00642. The minimum atomic E-state index is -3.91. The van der Waals surface area contributed by atoms with Crippen LogP contribution in [0.5, 0.6) is 17.4 Å². The molecule has 0 atom stereocenters. The van der Waals surface area contributed by atoms with Crippen molar-refractivity contribution < 1.29 is 31.5 Å². The molecule has 1 aliphatic heterocycles. The van der Waals surface area contributed by atoms with E-state index < -0.39 is 23.1 Å². The van der Waals surface area contributed by atoms with Crippen molar-refractivity contribution in [1.82, 2.24) is 19.4 Å². The molecule has 1 amide bonds. The van der Waals surface area contributed by atoms with E-state index in [0.717, 1.165) is 20.8 Å². The second kappa shape index (κ2) is 14.8. The molecule has 15 heteroatoms. The van der Waals surface area contributed by atoms with Crippen LogP contribution in [0.4, 0.5) is 14.5 Å². The summed E-state index contributed by atoms with van der Waals surface area (Å²) < 4.78 is 65.0. The Kier molecular flexibility index (Phi) is 10.5. The molecule has 262 valence electrons. The predicted octanol–water partition coefficient (Wildman–Crippen LogP) is 7.10. The molecule has 0 radical (unpaired) electrons. The number of carbonyl (C=O) groups is 1. The maximum absolute atomic E-state index is 13.6. The Morgan fingerprint density at radius 1 is 0.920 bits per heavy atom. The van der Waals surface area contributed by atoms with Gasteiger partial charge in [-0.15, -0.1) is 0 Å². The van der Waals surface area contributed by atoms with E-state index in [0.29, 0.717) is 55.6 Å². The van der Waals surface area contributed by atoms with Gasteiger partial charge in [-0.1, -0.05) is 35.3 Å². The number of fused-ring (bicyclic) bond motifs is 1. The number of alkyl halides is 2. The van der Waals surface area contributed by atoms with Crippen molar-refractivity contribution in [3.8, 4) is 17.4 Å². The molecule has 0 unspecified atom stereocenters. The molecule has 0 spiro atoms. The number of piperazine rings is 1. The fourth-order valence-corrected chi connectivity index (χ4v) is 7.20. The van der Waals surface area contributed by atoms with Gasteiger partial charge in [0, 0.05) is 64.3 Å². The van der Waals surface area contributed by atoms with Gasteiger partial charge in [0.25, 0.3) is 22.4 Å². The van der Waals surface area contributed by atoms with Crippen LogP contribution < -0.4 is 13.8 Å². The highest BCUT2D eigenvalue weighted by Crippen LogP contribution is 2.31. The van der Waals surface area contributed by atoms with Crippen molar-refractivity contribution in [3.05, 3.63) is 106 Å². The number of benzene rings is 3. The zero-order valence-electron chi connectivity index (χ0n) is 27.1. The molecule has 1 aliphatic rings. The normalized spacial score (nSPS) is 13.9. The second-order valence-electron chi connectivity index (χ2n) is 11.7. The molecule has 0 aliphatic carbocycles. The van der Waals surface area contributed by atoms with Crippen LogP contribution in [0.2, 0.25) is 10.0 Å². The standard InChI is InChI=1S/C35H33Cl2F2N5O5S/c1-41-31-18-27(49-34-12-6-25(20-40-34)42(2)50(46,47)28-10-11-29(36)30(37)19-28)9-5-24(31)17-32(41)35(45)44-15-13-43(14-16-44)21-23-3-7-26(8-4-23)48-22-33(38)39/h3-12,17-20,33H,13-16,21-22H2,1-2H3. The average molecular weight is 745 g/mol. The van der Waals surface area contributed by atoms with Gasteiger partial charge in [-0.05, 0) is 60.2 Å². The molecule has 10 nitrogen and oxygen atoms in total. The Morgan fingerprint density at radius 2 is 1.64 bits per heavy atom. The van der Waals surface area contributed by atoms with Crippen LogP contribution in [0.3, 0.4) is 0 Å². The summed E-state index contributed by atoms with van der Waals surface area (Å²) in [4.78, 5) is 22.0. The number of aromatic nitrogens is 2. The Labute approximate surface area is 298 Å². The smallest absolute Gasteiger partial charge is 0.272 e. The maximum Gasteiger partial charge on any atom is 0.272 e. The summed E-state index contributed by atoms with van der Waals surface area (Å²) in [6.07, 6.45) is -1.12. The number of pyridine rings is 1. The molecule has 6 rings (SSSR count). The number of sulfonamides is 1. The van der Waals surface area contributed by atoms with Gasteiger partial charge in [-0.3, -0.25) is 14.0 Å². The predicted molar refractivity (Wildman–Crippen MR) is 188 cm³/mol. The van der Waals surface area contributed by atoms with Gasteiger partial charge in [0.05, 0.1) is 32.3 Å². The Bertz CT molecular complexity index is 2110. The van der Waals surface area contributed by atoms with Gasteiger partial charge in [0.1, 0.15) is 23.8 Å². The van der Waals surface area contributed by atoms with Crippen molar-refractivity contribution in [3.63, 3.8) is 0 Å². The van der Waals surface area contributed by atoms with Gasteiger partial charge < -0.3 is 18.9 Å². The van der Waals surface area contributed by atoms with Crippen LogP contribution >= 0.6 is 23.2 Å². The van der Waals surface area contributed by atoms with E-state index in [-0.39, 0.29) is 26.7 Å². The van der Waals surface area contributed by atoms with Gasteiger partial charge in [0.2, 0.25) is 5.88 Å². The van der Waals surface area contributed by atoms with Crippen LogP contribution in [0.25, 0.3) is 10.9 Å². The highest BCUT2D eigenvalue weighted by Gasteiger charge is 2.26. The van der Waals surface area contributed by atoms with Crippen molar-refractivity contribution in [1.29, 1.82) is 0 Å². The molecule has 2 aromatic heterocycles. The fourth-order valence-electron chi connectivity index (χ4n) is 5.63. The maximum atomic E-state index is 13.6. The number of rotatable bonds is 11. The number of halogens is 4. The summed E-state index contributed by atoms with van der Waals surface area (Å²) >= 11 is 12.0. The van der Waals surface area contributed by atoms with Crippen LogP contribution in [0.1, 0.15) is 16.1 Å². The Balaban J connectivity index is 1.06. The first-order valence-corrected chi connectivity index (χ1v) is 17.8. The van der Waals surface area contributed by atoms with E-state index >= 15 is 0 Å². The van der Waals surface area contributed by atoms with Gasteiger partial charge in [0.15, 0.2) is 0 Å². The summed E-state index contributed by atoms with van der Waals surface area (Å²) in [5.41, 5.74) is 2.71. The summed E-state index contributed by atoms with van der Waals surface area (Å²) in [5, 5.41) is 1.26. The van der Waals surface area contributed by atoms with E-state index in [1.807, 2.05) is 46.8 Å². The number of aryl methyl sites for hydroxylation is 1. The molecule has 50 heavy (non-hydrogen) atoms. The zero-order valence-corrected chi connectivity index (χ0v) is 29.4. The number of hydrogen-bond donors (Lipinski definition) is 0. The number of amides is 1. The first-order chi connectivity index (χ1) is 23.9. The van der Waals surface area contributed by atoms with Gasteiger partial charge >= 0.3 is 0 Å². The number of carbonyl (C=O) groups excluding carboxylic acids is 1. The van der Waals surface area contributed by atoms with Gasteiger partial charge in [-0.2, -0.15) is 0 Å². The minimum Gasteiger partial charge on any atom is -0.488 e. The number of hydrogen-bond acceptors (Lipinski definition) is 7. The Hall–Kier alpha value is -4.43. The van der Waals surface area contributed by atoms with Crippen molar-refractivity contribution in [2.75, 3.05) is 44.1 Å². The molecule has 5 aromatic rings. The van der Waals surface area contributed by atoms with E-state index in [9.17, 15) is 22.0 Å². The quantitative estimate of drug-likeness (QED) is 0.142. The van der Waals surface area contributed by atoms with E-state index in [1.54, 1.807) is 30.3 Å². The molecular weight excluding hydrogens is 711 g/mol. The Morgan fingerprint density at radius 3 is 2.30 bits per heavy atom. The van der Waals surface area contributed by atoms with Crippen molar-refractivity contribution in [2.24, 2.45) is 7.05 Å². The highest BCUT2D eigenvalue weighted by molar-refractivity contribution is 7.92. The lowest BCUT2D eigenvalue weighted by atomic mass is 10.2. The first-order valence-electron chi connectivity index (χ1n) is 15.6. The summed E-state index contributed by atoms with van der Waals surface area (Å²) in [5.74, 6) is 1.10. The SMILES string of the molecule is CN(c1ccc(Oc2ccc3cc(C(=O)N4CCN(Cc5ccc(OCC(F)F)cc5)CC4)n(C)c3c2)nc1)S(=O)(=O)c1ccc(Cl)c(Cl)c1. The molecule has 3 aromatic carbocycles. The van der Waals surface area contributed by atoms with Crippen LogP contribution in [-0.4, -0.2) is 79.9 Å². The van der Waals surface area contributed by atoms with Crippen LogP contribution in [-0.2, 0) is 23.6 Å². The highest BCUT2D eigenvalue weighted by atomic mass is 35.5. The lowest BCUT2D eigenvalue weighted by Crippen LogP contribution is -2.48. The topological polar surface area (TPSA) is 97.2 Å². The number of ether oxygens (including phenoxy) is 2. The third-order valence-corrected chi connectivity index (χ3v) is 11.0. The second-order valence-corrected chi connectivity index (χ2v) is 14.5. The summed E-state index contributed by atoms with van der Waals surface area (Å²) in [7, 11) is -0.665. The summed E-state index contributed by atoms with van der Waals surface area (Å²) in [6, 6.07) is 21.7. The van der Waals surface area contributed by atoms with E-state index in [1.165, 1.54) is 31.4 Å². The molecule has 0 bridgehead atoms. The van der Waals surface area contributed by atoms with E-state index in [2.05, 4.69) is 9.88 Å². The average Bonchev–Trinajstić information content (AvgIpc) is 3.44. The molecular formula is C35H33Cl2F2N5O5S. The lowest BCUT2D eigenvalue weighted by Gasteiger charge is -2.34. The molecule has 0 N–H and O–H groups in total. The van der Waals surface area contributed by atoms with Crippen molar-refractivity contribution in [2.45, 2.75) is 17.9 Å². The third kappa shape index (κ3) is 7.81. The van der Waals surface area contributed by atoms with Crippen LogP contribution in [0.15, 0.2) is 90.0 Å². The van der Waals surface area contributed by atoms with Crippen molar-refractivity contribution >= 4 is 55.7 Å². The third-order valence-electron chi connectivity index (χ3n) is 8.46. The number of nitrogens with zero attached hydrogens (tertiary/aromatic N) is 5. The van der Waals surface area contributed by atoms with E-state index in [4.69, 9.17) is 32.7 Å². The largest absolute Gasteiger partial charge is 0.488 e. The first kappa shape index (κ1) is 35.4. The summed E-state index contributed by atoms with van der Waals surface area (Å²) in [6.45, 7) is 2.57. The molecule has 1 fully saturated rings. The van der Waals surface area contributed by atoms with Crippen LogP contribution in [0, 0.1) is 0 Å². The fraction of sp³-hybridized carbons (Fsp3) is 0.257. The monoisotopic (exact) mass is 743 g/mol.